The third kappa shape index (κ3) is 46.5. The van der Waals surface area contributed by atoms with Crippen molar-refractivity contribution in [2.45, 2.75) is 0 Å². The first-order valence-electron chi connectivity index (χ1n) is 0.707. The van der Waals surface area contributed by atoms with Crippen LogP contribution < -0.4 is 15.1 Å². The van der Waals surface area contributed by atoms with Gasteiger partial charge in [0.15, 0.2) is 0 Å². The first-order chi connectivity index (χ1) is 1.73. The van der Waals surface area contributed by atoms with Crippen molar-refractivity contribution in [3.05, 3.63) is 0 Å². The maximum Gasteiger partial charge on any atom is 3.00 e. The summed E-state index contributed by atoms with van der Waals surface area (Å²) in [5.41, 5.74) is 0. The summed E-state index contributed by atoms with van der Waals surface area (Å²) in [4.78, 5) is 0. The van der Waals surface area contributed by atoms with Crippen molar-refractivity contribution in [3.63, 3.8) is 0 Å². The summed E-state index contributed by atoms with van der Waals surface area (Å²) in [6.45, 7) is 0. The predicted molar refractivity (Wildman–Crippen MR) is 17.3 cm³/mol. The van der Waals surface area contributed by atoms with Gasteiger partial charge in [-0.05, 0) is 0 Å². The molecule has 0 N–H and O–H groups in total. The smallest absolute Gasteiger partial charge is 0.907 e. The van der Waals surface area contributed by atoms with Crippen molar-refractivity contribution < 1.29 is 15.1 Å². The van der Waals surface area contributed by atoms with Crippen molar-refractivity contribution in [3.8, 4) is 0 Å². The molecule has 0 saturated heterocycles. The van der Waals surface area contributed by atoms with Gasteiger partial charge in [-0.1, -0.05) is 0 Å². The number of rotatable bonds is 0. The van der Waals surface area contributed by atoms with Gasteiger partial charge in [-0.3, -0.25) is 7.32 Å². The van der Waals surface area contributed by atoms with E-state index in [0.29, 0.717) is 0 Å². The molecular weight excluding hydrogens is 292 g/mol. The molecule has 0 bridgehead atoms. The van der Waals surface area contributed by atoms with Crippen molar-refractivity contribution in [2.75, 3.05) is 0 Å². The van der Waals surface area contributed by atoms with Crippen LogP contribution in [-0.2, 0) is 0 Å². The van der Waals surface area contributed by atoms with Crippen LogP contribution in [0.5, 0.6) is 0 Å². The largest absolute Gasteiger partial charge is 3.00 e. The van der Waals surface area contributed by atoms with E-state index in [1.165, 1.54) is 0 Å². The molecular formula is BBiMgO3+2. The zero-order valence-corrected chi connectivity index (χ0v) is 7.85. The van der Waals surface area contributed by atoms with E-state index in [1.54, 1.807) is 0 Å². The Kier molecular flexibility index (Phi) is 25.5. The minimum atomic E-state index is -2.92. The molecule has 0 aliphatic heterocycles. The summed E-state index contributed by atoms with van der Waals surface area (Å²) in [7, 11) is -2.92. The summed E-state index contributed by atoms with van der Waals surface area (Å²) in [5.74, 6) is 0. The molecule has 0 aromatic carbocycles. The van der Waals surface area contributed by atoms with Crippen LogP contribution in [-0.4, -0.2) is 56.6 Å². The van der Waals surface area contributed by atoms with E-state index < -0.39 is 7.32 Å². The Labute approximate surface area is 71.2 Å². The molecule has 2 radical (unpaired) electrons. The van der Waals surface area contributed by atoms with E-state index in [9.17, 15) is 0 Å². The summed E-state index contributed by atoms with van der Waals surface area (Å²) in [6.07, 6.45) is 0. The molecule has 0 aliphatic carbocycles. The van der Waals surface area contributed by atoms with E-state index in [0.717, 1.165) is 0 Å². The van der Waals surface area contributed by atoms with Gasteiger partial charge in [0, 0.05) is 0 Å². The van der Waals surface area contributed by atoms with Gasteiger partial charge >= 0.3 is 49.3 Å². The average molecular weight is 292 g/mol. The molecule has 0 aromatic rings. The van der Waals surface area contributed by atoms with E-state index in [2.05, 4.69) is 0 Å². The van der Waals surface area contributed by atoms with Crippen molar-refractivity contribution in [1.29, 1.82) is 0 Å². The first kappa shape index (κ1) is 15.6. The normalized spacial score (nSPS) is 4.50. The van der Waals surface area contributed by atoms with Crippen LogP contribution in [0.15, 0.2) is 0 Å². The average Bonchev–Trinajstić information content (AvgIpc) is 0.811. The van der Waals surface area contributed by atoms with E-state index >= 15 is 0 Å². The molecule has 3 nitrogen and oxygen atoms in total. The molecule has 6 heteroatoms. The van der Waals surface area contributed by atoms with Gasteiger partial charge in [-0.25, -0.2) is 0 Å². The van der Waals surface area contributed by atoms with Crippen molar-refractivity contribution >= 4 is 56.6 Å². The van der Waals surface area contributed by atoms with Crippen LogP contribution in [0.2, 0.25) is 0 Å². The zero-order chi connectivity index (χ0) is 3.58. The molecule has 0 fully saturated rings. The molecule has 0 heterocycles. The predicted octanol–water partition coefficient (Wildman–Crippen LogP) is -4.71. The Morgan fingerprint density at radius 2 is 1.00 bits per heavy atom. The monoisotopic (exact) mass is 292 g/mol. The first-order valence-corrected chi connectivity index (χ1v) is 0.707. The Morgan fingerprint density at radius 1 is 1.00 bits per heavy atom. The fourth-order valence-corrected chi connectivity index (χ4v) is 0. The van der Waals surface area contributed by atoms with E-state index in [1.807, 2.05) is 0 Å². The van der Waals surface area contributed by atoms with Gasteiger partial charge in [-0.2, -0.15) is 0 Å². The molecule has 26 valence electrons. The van der Waals surface area contributed by atoms with Crippen molar-refractivity contribution in [1.82, 2.24) is 0 Å². The maximum absolute atomic E-state index is 8.42. The van der Waals surface area contributed by atoms with Gasteiger partial charge in [0.05, 0.1) is 0 Å². The third-order valence-corrected chi connectivity index (χ3v) is 0. The molecule has 0 rings (SSSR count). The minimum absolute atomic E-state index is 0. The molecule has 0 spiro atoms. The van der Waals surface area contributed by atoms with Crippen LogP contribution in [0, 0.1) is 0 Å². The van der Waals surface area contributed by atoms with Crippen LogP contribution >= 0.6 is 0 Å². The Bertz CT molecular complexity index is 15.5. The molecule has 0 aliphatic rings. The van der Waals surface area contributed by atoms with Gasteiger partial charge < -0.3 is 15.1 Å². The van der Waals surface area contributed by atoms with Crippen molar-refractivity contribution in [2.24, 2.45) is 0 Å². The van der Waals surface area contributed by atoms with Crippen LogP contribution in [0.4, 0.5) is 0 Å². The molecule has 0 saturated carbocycles. The Hall–Kier alpha value is 1.59. The number of hydrogen-bond acceptors (Lipinski definition) is 3. The molecule has 0 atom stereocenters. The number of hydrogen-bond donors (Lipinski definition) is 0. The second kappa shape index (κ2) is 9.78. The van der Waals surface area contributed by atoms with Crippen LogP contribution in [0.1, 0.15) is 0 Å². The van der Waals surface area contributed by atoms with Gasteiger partial charge in [0.2, 0.25) is 0 Å². The molecule has 0 amide bonds. The second-order valence-electron chi connectivity index (χ2n) is 0.289. The summed E-state index contributed by atoms with van der Waals surface area (Å²) < 4.78 is 0. The maximum atomic E-state index is 8.42. The Balaban J connectivity index is -0.0000000450. The minimum Gasteiger partial charge on any atom is -0.907 e. The SMILES string of the molecule is [Bi+3].[Mg+2].[O-]B([O-])[O-]. The van der Waals surface area contributed by atoms with Crippen LogP contribution in [0.3, 0.4) is 0 Å². The van der Waals surface area contributed by atoms with Gasteiger partial charge in [-0.15, -0.1) is 0 Å². The van der Waals surface area contributed by atoms with Gasteiger partial charge in [0.1, 0.15) is 0 Å². The third-order valence-electron chi connectivity index (χ3n) is 0. The second-order valence-corrected chi connectivity index (χ2v) is 0.289. The summed E-state index contributed by atoms with van der Waals surface area (Å²) in [5, 5.41) is 25.2. The summed E-state index contributed by atoms with van der Waals surface area (Å²) >= 11 is 0. The van der Waals surface area contributed by atoms with E-state index in [4.69, 9.17) is 15.1 Å². The fraction of sp³-hybridized carbons (Fsp3) is 0. The molecule has 0 unspecified atom stereocenters. The quantitative estimate of drug-likeness (QED) is 0.421. The molecule has 6 heavy (non-hydrogen) atoms. The molecule has 0 aromatic heterocycles. The standard InChI is InChI=1S/BO3.Bi.Mg/c2-1(3)4;;/q-3;+3;+2. The van der Waals surface area contributed by atoms with E-state index in [-0.39, 0.29) is 49.3 Å². The Morgan fingerprint density at radius 3 is 1.00 bits per heavy atom. The van der Waals surface area contributed by atoms with Crippen LogP contribution in [0.25, 0.3) is 0 Å². The topological polar surface area (TPSA) is 69.2 Å². The zero-order valence-electron chi connectivity index (χ0n) is 2.96. The fourth-order valence-electron chi connectivity index (χ4n) is 0. The summed E-state index contributed by atoms with van der Waals surface area (Å²) in [6, 6.07) is 0. The van der Waals surface area contributed by atoms with Gasteiger partial charge in [0.25, 0.3) is 0 Å².